The lowest BCUT2D eigenvalue weighted by molar-refractivity contribution is -0.124. The minimum absolute atomic E-state index is 0.159. The SMILES string of the molecule is C[C@@H](N)c1c(F)cccc1N1CCC2NC(=O)CCC2C1. The summed E-state index contributed by atoms with van der Waals surface area (Å²) in [7, 11) is 0. The lowest BCUT2D eigenvalue weighted by Crippen LogP contribution is -2.54. The number of anilines is 1. The first-order valence-corrected chi connectivity index (χ1v) is 7.64. The second-order valence-corrected chi connectivity index (χ2v) is 6.17. The second kappa shape index (κ2) is 5.64. The number of carbonyl (C=O) groups is 1. The largest absolute Gasteiger partial charge is 0.371 e. The van der Waals surface area contributed by atoms with Gasteiger partial charge in [0.25, 0.3) is 0 Å². The van der Waals surface area contributed by atoms with Gasteiger partial charge in [-0.25, -0.2) is 4.39 Å². The Balaban J connectivity index is 1.83. The normalized spacial score (nSPS) is 27.0. The van der Waals surface area contributed by atoms with Gasteiger partial charge in [0.05, 0.1) is 0 Å². The predicted octanol–water partition coefficient (Wildman–Crippen LogP) is 1.95. The molecule has 0 aromatic heterocycles. The summed E-state index contributed by atoms with van der Waals surface area (Å²) in [6, 6.07) is 5.10. The van der Waals surface area contributed by atoms with Crippen molar-refractivity contribution in [3.05, 3.63) is 29.6 Å². The van der Waals surface area contributed by atoms with Crippen LogP contribution in [-0.2, 0) is 4.79 Å². The van der Waals surface area contributed by atoms with Crippen molar-refractivity contribution in [1.29, 1.82) is 0 Å². The van der Waals surface area contributed by atoms with Crippen LogP contribution in [0.25, 0.3) is 0 Å². The third-order valence-electron chi connectivity index (χ3n) is 4.65. The molecule has 5 heteroatoms. The molecule has 0 aliphatic carbocycles. The highest BCUT2D eigenvalue weighted by Crippen LogP contribution is 2.33. The van der Waals surface area contributed by atoms with Gasteiger partial charge in [0, 0.05) is 42.8 Å². The zero-order chi connectivity index (χ0) is 15.0. The van der Waals surface area contributed by atoms with Gasteiger partial charge in [-0.15, -0.1) is 0 Å². The fourth-order valence-electron chi connectivity index (χ4n) is 3.58. The number of hydrogen-bond donors (Lipinski definition) is 2. The van der Waals surface area contributed by atoms with Crippen molar-refractivity contribution in [2.75, 3.05) is 18.0 Å². The van der Waals surface area contributed by atoms with Crippen LogP contribution in [0.4, 0.5) is 10.1 Å². The van der Waals surface area contributed by atoms with Crippen molar-refractivity contribution in [2.45, 2.75) is 38.3 Å². The van der Waals surface area contributed by atoms with Crippen LogP contribution in [0.2, 0.25) is 0 Å². The molecule has 0 bridgehead atoms. The molecule has 2 unspecified atom stereocenters. The fourth-order valence-corrected chi connectivity index (χ4v) is 3.58. The number of halogens is 1. The van der Waals surface area contributed by atoms with Crippen LogP contribution in [0.5, 0.6) is 0 Å². The van der Waals surface area contributed by atoms with E-state index in [1.54, 1.807) is 6.07 Å². The van der Waals surface area contributed by atoms with Gasteiger partial charge in [-0.2, -0.15) is 0 Å². The Morgan fingerprint density at radius 2 is 2.24 bits per heavy atom. The molecule has 1 aromatic carbocycles. The number of piperidine rings is 2. The standard InChI is InChI=1S/C16H22FN3O/c1-10(18)16-12(17)3-2-4-14(16)20-8-7-13-11(9-20)5-6-15(21)19-13/h2-4,10-11,13H,5-9,18H2,1H3,(H,19,21)/t10-,11?,13?/m1/s1. The molecule has 114 valence electrons. The molecule has 3 rings (SSSR count). The zero-order valence-electron chi connectivity index (χ0n) is 12.3. The molecule has 4 nitrogen and oxygen atoms in total. The lowest BCUT2D eigenvalue weighted by Gasteiger charge is -2.43. The maximum atomic E-state index is 14.1. The first kappa shape index (κ1) is 14.3. The number of hydrogen-bond acceptors (Lipinski definition) is 3. The quantitative estimate of drug-likeness (QED) is 0.875. The average Bonchev–Trinajstić information content (AvgIpc) is 2.46. The van der Waals surface area contributed by atoms with Gasteiger partial charge in [-0.3, -0.25) is 4.79 Å². The van der Waals surface area contributed by atoms with Crippen molar-refractivity contribution in [3.63, 3.8) is 0 Å². The Morgan fingerprint density at radius 3 is 3.00 bits per heavy atom. The van der Waals surface area contributed by atoms with E-state index in [4.69, 9.17) is 5.73 Å². The monoisotopic (exact) mass is 291 g/mol. The van der Waals surface area contributed by atoms with Crippen LogP contribution in [0.1, 0.15) is 37.8 Å². The van der Waals surface area contributed by atoms with Crippen molar-refractivity contribution in [1.82, 2.24) is 5.32 Å². The number of nitrogens with one attached hydrogen (secondary N) is 1. The number of amides is 1. The number of rotatable bonds is 2. The summed E-state index contributed by atoms with van der Waals surface area (Å²) in [5.41, 5.74) is 7.44. The third-order valence-corrected chi connectivity index (χ3v) is 4.65. The molecule has 0 radical (unpaired) electrons. The summed E-state index contributed by atoms with van der Waals surface area (Å²) < 4.78 is 14.1. The van der Waals surface area contributed by atoms with E-state index in [2.05, 4.69) is 10.2 Å². The van der Waals surface area contributed by atoms with E-state index in [0.29, 0.717) is 17.9 Å². The average molecular weight is 291 g/mol. The Bertz CT molecular complexity index is 546. The summed E-state index contributed by atoms with van der Waals surface area (Å²) in [6.07, 6.45) is 2.42. The van der Waals surface area contributed by atoms with Crippen molar-refractivity contribution < 1.29 is 9.18 Å². The van der Waals surface area contributed by atoms with Crippen molar-refractivity contribution >= 4 is 11.6 Å². The van der Waals surface area contributed by atoms with Crippen molar-refractivity contribution in [3.8, 4) is 0 Å². The molecule has 2 aliphatic rings. The predicted molar refractivity (Wildman–Crippen MR) is 80.5 cm³/mol. The summed E-state index contributed by atoms with van der Waals surface area (Å²) in [4.78, 5) is 13.7. The molecule has 2 heterocycles. The number of carbonyl (C=O) groups excluding carboxylic acids is 1. The van der Waals surface area contributed by atoms with Crippen LogP contribution in [-0.4, -0.2) is 25.0 Å². The summed E-state index contributed by atoms with van der Waals surface area (Å²) in [6.45, 7) is 3.49. The van der Waals surface area contributed by atoms with Crippen molar-refractivity contribution in [2.24, 2.45) is 11.7 Å². The van der Waals surface area contributed by atoms with Crippen LogP contribution in [0, 0.1) is 11.7 Å². The second-order valence-electron chi connectivity index (χ2n) is 6.17. The van der Waals surface area contributed by atoms with Gasteiger partial charge in [-0.05, 0) is 37.8 Å². The van der Waals surface area contributed by atoms with E-state index >= 15 is 0 Å². The molecule has 0 saturated carbocycles. The molecule has 2 fully saturated rings. The number of nitrogens with zero attached hydrogens (tertiary/aromatic N) is 1. The summed E-state index contributed by atoms with van der Waals surface area (Å²) in [5.74, 6) is 0.369. The van der Waals surface area contributed by atoms with Gasteiger partial charge in [-0.1, -0.05) is 6.07 Å². The van der Waals surface area contributed by atoms with Gasteiger partial charge in [0.15, 0.2) is 0 Å². The van der Waals surface area contributed by atoms with Gasteiger partial charge < -0.3 is 16.0 Å². The number of fused-ring (bicyclic) bond motifs is 1. The van der Waals surface area contributed by atoms with E-state index in [9.17, 15) is 9.18 Å². The molecule has 3 N–H and O–H groups in total. The molecule has 2 saturated heterocycles. The summed E-state index contributed by atoms with van der Waals surface area (Å²) in [5, 5.41) is 3.07. The molecule has 2 aliphatic heterocycles. The van der Waals surface area contributed by atoms with E-state index in [1.165, 1.54) is 6.07 Å². The highest BCUT2D eigenvalue weighted by molar-refractivity contribution is 5.77. The van der Waals surface area contributed by atoms with Crippen LogP contribution in [0.15, 0.2) is 18.2 Å². The smallest absolute Gasteiger partial charge is 0.220 e. The minimum Gasteiger partial charge on any atom is -0.371 e. The Kier molecular flexibility index (Phi) is 3.85. The Morgan fingerprint density at radius 1 is 1.43 bits per heavy atom. The molecule has 0 spiro atoms. The molecular weight excluding hydrogens is 269 g/mol. The molecule has 1 amide bonds. The van der Waals surface area contributed by atoms with Gasteiger partial charge >= 0.3 is 0 Å². The minimum atomic E-state index is -0.329. The number of nitrogens with two attached hydrogens (primary N) is 1. The van der Waals surface area contributed by atoms with E-state index in [-0.39, 0.29) is 23.8 Å². The maximum absolute atomic E-state index is 14.1. The van der Waals surface area contributed by atoms with Crippen LogP contribution in [0.3, 0.4) is 0 Å². The van der Waals surface area contributed by atoms with E-state index in [1.807, 2.05) is 13.0 Å². The van der Waals surface area contributed by atoms with E-state index in [0.717, 1.165) is 31.6 Å². The lowest BCUT2D eigenvalue weighted by atomic mass is 9.84. The molecule has 3 atom stereocenters. The zero-order valence-corrected chi connectivity index (χ0v) is 12.3. The number of benzene rings is 1. The molecule has 21 heavy (non-hydrogen) atoms. The van der Waals surface area contributed by atoms with Gasteiger partial charge in [0.1, 0.15) is 5.82 Å². The van der Waals surface area contributed by atoms with Gasteiger partial charge in [0.2, 0.25) is 5.91 Å². The first-order valence-electron chi connectivity index (χ1n) is 7.64. The first-order chi connectivity index (χ1) is 10.1. The third kappa shape index (κ3) is 2.75. The highest BCUT2D eigenvalue weighted by atomic mass is 19.1. The Hall–Kier alpha value is -1.62. The Labute approximate surface area is 124 Å². The fraction of sp³-hybridized carbons (Fsp3) is 0.562. The van der Waals surface area contributed by atoms with E-state index < -0.39 is 0 Å². The summed E-state index contributed by atoms with van der Waals surface area (Å²) >= 11 is 0. The molecule has 1 aromatic rings. The highest BCUT2D eigenvalue weighted by Gasteiger charge is 2.34. The topological polar surface area (TPSA) is 58.4 Å². The van der Waals surface area contributed by atoms with Crippen LogP contribution < -0.4 is 16.0 Å². The molecular formula is C16H22FN3O. The maximum Gasteiger partial charge on any atom is 0.220 e. The van der Waals surface area contributed by atoms with Crippen LogP contribution >= 0.6 is 0 Å².